The second-order valence-electron chi connectivity index (χ2n) is 3.75. The van der Waals surface area contributed by atoms with Crippen molar-refractivity contribution in [3.63, 3.8) is 0 Å². The van der Waals surface area contributed by atoms with Gasteiger partial charge in [-0.05, 0) is 30.5 Å². The lowest BCUT2D eigenvalue weighted by Gasteiger charge is -2.38. The van der Waals surface area contributed by atoms with Gasteiger partial charge in [-0.2, -0.15) is 0 Å². The first-order valence-corrected chi connectivity index (χ1v) is 4.65. The number of hydrogen-bond acceptors (Lipinski definition) is 1. The third-order valence-corrected chi connectivity index (χ3v) is 2.99. The maximum atomic E-state index is 12.9. The van der Waals surface area contributed by atoms with Crippen LogP contribution in [0.1, 0.15) is 24.8 Å². The fourth-order valence-corrected chi connectivity index (χ4v) is 1.94. The molecule has 74 valence electrons. The Morgan fingerprint density at radius 3 is 2.57 bits per heavy atom. The van der Waals surface area contributed by atoms with Gasteiger partial charge in [0.05, 0.1) is 5.41 Å². The fraction of sp³-hybridized carbons (Fsp3) is 0.364. The Kier molecular flexibility index (Phi) is 2.02. The molecule has 0 amide bonds. The number of rotatable bonds is 2. The van der Waals surface area contributed by atoms with E-state index in [1.54, 1.807) is 12.1 Å². The van der Waals surface area contributed by atoms with E-state index in [1.165, 1.54) is 12.1 Å². The molecular formula is C11H11FO2. The largest absolute Gasteiger partial charge is 0.481 e. The SMILES string of the molecule is O=C(O)C1(c2cccc(F)c2)CCC1. The van der Waals surface area contributed by atoms with Gasteiger partial charge in [-0.15, -0.1) is 0 Å². The number of halogens is 1. The lowest BCUT2D eigenvalue weighted by Crippen LogP contribution is -2.42. The number of benzene rings is 1. The van der Waals surface area contributed by atoms with Crippen molar-refractivity contribution in [1.82, 2.24) is 0 Å². The van der Waals surface area contributed by atoms with Crippen LogP contribution in [-0.4, -0.2) is 11.1 Å². The van der Waals surface area contributed by atoms with Crippen molar-refractivity contribution in [1.29, 1.82) is 0 Å². The molecule has 0 heterocycles. The predicted octanol–water partition coefficient (Wildman–Crippen LogP) is 2.33. The van der Waals surface area contributed by atoms with E-state index in [9.17, 15) is 9.18 Å². The maximum Gasteiger partial charge on any atom is 0.314 e. The molecule has 1 fully saturated rings. The Morgan fingerprint density at radius 2 is 2.14 bits per heavy atom. The summed E-state index contributed by atoms with van der Waals surface area (Å²) in [5.41, 5.74) is -0.224. The Balaban J connectivity index is 2.42. The van der Waals surface area contributed by atoms with Crippen molar-refractivity contribution in [3.05, 3.63) is 35.6 Å². The van der Waals surface area contributed by atoms with Gasteiger partial charge in [0.2, 0.25) is 0 Å². The monoisotopic (exact) mass is 194 g/mol. The summed E-state index contributed by atoms with van der Waals surface area (Å²) in [7, 11) is 0. The zero-order valence-electron chi connectivity index (χ0n) is 7.66. The molecule has 0 radical (unpaired) electrons. The normalized spacial score (nSPS) is 18.6. The van der Waals surface area contributed by atoms with Crippen molar-refractivity contribution in [2.45, 2.75) is 24.7 Å². The van der Waals surface area contributed by atoms with Crippen LogP contribution in [0.3, 0.4) is 0 Å². The van der Waals surface area contributed by atoms with Crippen LogP contribution in [0.15, 0.2) is 24.3 Å². The molecule has 2 rings (SSSR count). The van der Waals surface area contributed by atoms with Crippen LogP contribution < -0.4 is 0 Å². The molecule has 14 heavy (non-hydrogen) atoms. The minimum atomic E-state index is -0.839. The van der Waals surface area contributed by atoms with Gasteiger partial charge < -0.3 is 5.11 Å². The maximum absolute atomic E-state index is 12.9. The van der Waals surface area contributed by atoms with Crippen molar-refractivity contribution in [2.75, 3.05) is 0 Å². The van der Waals surface area contributed by atoms with Crippen LogP contribution in [0.4, 0.5) is 4.39 Å². The zero-order chi connectivity index (χ0) is 10.2. The van der Waals surface area contributed by atoms with E-state index in [2.05, 4.69) is 0 Å². The Morgan fingerprint density at radius 1 is 1.43 bits per heavy atom. The number of aliphatic carboxylic acids is 1. The molecule has 1 aliphatic carbocycles. The highest BCUT2D eigenvalue weighted by Gasteiger charge is 2.45. The summed E-state index contributed by atoms with van der Waals surface area (Å²) in [5, 5.41) is 9.11. The Bertz CT molecular complexity index is 369. The van der Waals surface area contributed by atoms with Crippen LogP contribution in [0.25, 0.3) is 0 Å². The number of carboxylic acid groups (broad SMARTS) is 1. The summed E-state index contributed by atoms with van der Waals surface area (Å²) in [6, 6.07) is 5.91. The summed E-state index contributed by atoms with van der Waals surface area (Å²) < 4.78 is 12.9. The van der Waals surface area contributed by atoms with Crippen molar-refractivity contribution in [3.8, 4) is 0 Å². The van der Waals surface area contributed by atoms with Crippen LogP contribution in [0.2, 0.25) is 0 Å². The average molecular weight is 194 g/mol. The molecule has 0 atom stereocenters. The molecule has 1 aromatic carbocycles. The summed E-state index contributed by atoms with van der Waals surface area (Å²) in [6.45, 7) is 0. The minimum Gasteiger partial charge on any atom is -0.481 e. The first kappa shape index (κ1) is 9.19. The van der Waals surface area contributed by atoms with Gasteiger partial charge in [0.25, 0.3) is 0 Å². The molecule has 1 saturated carbocycles. The van der Waals surface area contributed by atoms with Crippen molar-refractivity contribution in [2.24, 2.45) is 0 Å². The second kappa shape index (κ2) is 3.08. The van der Waals surface area contributed by atoms with E-state index in [-0.39, 0.29) is 5.82 Å². The molecule has 0 bridgehead atoms. The first-order valence-electron chi connectivity index (χ1n) is 4.65. The van der Waals surface area contributed by atoms with Gasteiger partial charge in [0.1, 0.15) is 5.82 Å². The standard InChI is InChI=1S/C11H11FO2/c12-9-4-1-3-8(7-9)11(10(13)14)5-2-6-11/h1,3-4,7H,2,5-6H2,(H,13,14). The Labute approximate surface area is 81.4 Å². The topological polar surface area (TPSA) is 37.3 Å². The zero-order valence-corrected chi connectivity index (χ0v) is 7.66. The summed E-state index contributed by atoms with van der Waals surface area (Å²) in [5.74, 6) is -1.20. The van der Waals surface area contributed by atoms with E-state index in [0.717, 1.165) is 6.42 Å². The summed E-state index contributed by atoms with van der Waals surface area (Å²) in [6.07, 6.45) is 2.14. The lowest BCUT2D eigenvalue weighted by molar-refractivity contribution is -0.147. The second-order valence-corrected chi connectivity index (χ2v) is 3.75. The first-order chi connectivity index (χ1) is 6.65. The van der Waals surface area contributed by atoms with Crippen LogP contribution in [-0.2, 0) is 10.2 Å². The molecular weight excluding hydrogens is 183 g/mol. The third kappa shape index (κ3) is 1.20. The number of hydrogen-bond donors (Lipinski definition) is 1. The number of carboxylic acids is 1. The van der Waals surface area contributed by atoms with Gasteiger partial charge in [0, 0.05) is 0 Å². The van der Waals surface area contributed by atoms with Gasteiger partial charge in [0.15, 0.2) is 0 Å². The molecule has 3 heteroatoms. The van der Waals surface area contributed by atoms with Crippen LogP contribution >= 0.6 is 0 Å². The highest BCUT2D eigenvalue weighted by molar-refractivity contribution is 5.82. The fourth-order valence-electron chi connectivity index (χ4n) is 1.94. The van der Waals surface area contributed by atoms with Gasteiger partial charge in [-0.25, -0.2) is 4.39 Å². The van der Waals surface area contributed by atoms with E-state index < -0.39 is 11.4 Å². The molecule has 0 aliphatic heterocycles. The van der Waals surface area contributed by atoms with Crippen LogP contribution in [0, 0.1) is 5.82 Å². The molecule has 0 saturated heterocycles. The molecule has 1 N–H and O–H groups in total. The molecule has 1 aliphatic rings. The predicted molar refractivity (Wildman–Crippen MR) is 49.6 cm³/mol. The van der Waals surface area contributed by atoms with Crippen LogP contribution in [0.5, 0.6) is 0 Å². The number of carbonyl (C=O) groups is 1. The van der Waals surface area contributed by atoms with E-state index in [0.29, 0.717) is 18.4 Å². The quantitative estimate of drug-likeness (QED) is 0.784. The van der Waals surface area contributed by atoms with Crippen molar-refractivity contribution >= 4 is 5.97 Å². The highest BCUT2D eigenvalue weighted by Crippen LogP contribution is 2.43. The molecule has 0 unspecified atom stereocenters. The van der Waals surface area contributed by atoms with Crippen molar-refractivity contribution < 1.29 is 14.3 Å². The van der Waals surface area contributed by atoms with Gasteiger partial charge in [-0.3, -0.25) is 4.79 Å². The lowest BCUT2D eigenvalue weighted by atomic mass is 9.64. The third-order valence-electron chi connectivity index (χ3n) is 2.99. The summed E-state index contributed by atoms with van der Waals surface area (Å²) in [4.78, 5) is 11.1. The van der Waals surface area contributed by atoms with E-state index in [4.69, 9.17) is 5.11 Å². The smallest absolute Gasteiger partial charge is 0.314 e. The highest BCUT2D eigenvalue weighted by atomic mass is 19.1. The molecule has 1 aromatic rings. The molecule has 0 spiro atoms. The minimum absolute atomic E-state index is 0.366. The van der Waals surface area contributed by atoms with Gasteiger partial charge in [-0.1, -0.05) is 18.6 Å². The Hall–Kier alpha value is -1.38. The molecule has 2 nitrogen and oxygen atoms in total. The molecule has 0 aromatic heterocycles. The van der Waals surface area contributed by atoms with E-state index in [1.807, 2.05) is 0 Å². The average Bonchev–Trinajstić information content (AvgIpc) is 2.00. The van der Waals surface area contributed by atoms with E-state index >= 15 is 0 Å². The summed E-state index contributed by atoms with van der Waals surface area (Å²) >= 11 is 0. The van der Waals surface area contributed by atoms with Gasteiger partial charge >= 0.3 is 5.97 Å².